The van der Waals surface area contributed by atoms with Crippen LogP contribution in [0.15, 0.2) is 6.07 Å². The van der Waals surface area contributed by atoms with Crippen molar-refractivity contribution in [1.29, 1.82) is 0 Å². The van der Waals surface area contributed by atoms with E-state index >= 15 is 0 Å². The van der Waals surface area contributed by atoms with Crippen molar-refractivity contribution in [3.8, 4) is 0 Å². The molecule has 2 N–H and O–H groups in total. The molecule has 1 aromatic rings. The first-order valence-electron chi connectivity index (χ1n) is 4.98. The molecule has 1 heterocycles. The standard InChI is InChI=1S/C10H15F2N3/c1-7-3-8(14-15(7)2)9(6-13)4-10(11,12)5-9/h3H,4-6,13H2,1-2H3. The molecule has 15 heavy (non-hydrogen) atoms. The molecule has 1 saturated carbocycles. The van der Waals surface area contributed by atoms with E-state index in [1.54, 1.807) is 11.7 Å². The van der Waals surface area contributed by atoms with Crippen molar-refractivity contribution in [1.82, 2.24) is 9.78 Å². The van der Waals surface area contributed by atoms with Gasteiger partial charge in [0.1, 0.15) is 0 Å². The molecule has 1 aromatic heterocycles. The predicted octanol–water partition coefficient (Wildman–Crippen LogP) is 1.35. The smallest absolute Gasteiger partial charge is 0.250 e. The van der Waals surface area contributed by atoms with Gasteiger partial charge >= 0.3 is 0 Å². The molecule has 0 atom stereocenters. The lowest BCUT2D eigenvalue weighted by Gasteiger charge is -2.45. The van der Waals surface area contributed by atoms with Gasteiger partial charge in [0.15, 0.2) is 0 Å². The molecule has 0 aliphatic heterocycles. The zero-order valence-electron chi connectivity index (χ0n) is 8.93. The lowest BCUT2D eigenvalue weighted by Crippen LogP contribution is -2.54. The highest BCUT2D eigenvalue weighted by Crippen LogP contribution is 2.52. The van der Waals surface area contributed by atoms with Crippen LogP contribution < -0.4 is 5.73 Å². The molecule has 1 aliphatic carbocycles. The summed E-state index contributed by atoms with van der Waals surface area (Å²) in [7, 11) is 1.81. The van der Waals surface area contributed by atoms with Crippen LogP contribution in [0.5, 0.6) is 0 Å². The average molecular weight is 215 g/mol. The highest BCUT2D eigenvalue weighted by molar-refractivity contribution is 5.26. The van der Waals surface area contributed by atoms with Crippen molar-refractivity contribution in [2.75, 3.05) is 6.54 Å². The molecule has 0 spiro atoms. The summed E-state index contributed by atoms with van der Waals surface area (Å²) in [6.07, 6.45) is -0.347. The van der Waals surface area contributed by atoms with Gasteiger partial charge < -0.3 is 5.73 Å². The number of nitrogens with zero attached hydrogens (tertiary/aromatic N) is 2. The SMILES string of the molecule is Cc1cc(C2(CN)CC(F)(F)C2)nn1C. The molecular weight excluding hydrogens is 200 g/mol. The van der Waals surface area contributed by atoms with Crippen LogP contribution in [0.3, 0.4) is 0 Å². The molecule has 84 valence electrons. The summed E-state index contributed by atoms with van der Waals surface area (Å²) in [6, 6.07) is 1.85. The maximum absolute atomic E-state index is 12.9. The summed E-state index contributed by atoms with van der Waals surface area (Å²) in [5, 5.41) is 4.24. The number of aryl methyl sites for hydroxylation is 2. The van der Waals surface area contributed by atoms with Crippen LogP contribution in [0.4, 0.5) is 8.78 Å². The first-order valence-corrected chi connectivity index (χ1v) is 4.98. The van der Waals surface area contributed by atoms with Crippen molar-refractivity contribution in [2.45, 2.75) is 31.1 Å². The molecule has 0 aromatic carbocycles. The van der Waals surface area contributed by atoms with E-state index in [1.165, 1.54) is 0 Å². The van der Waals surface area contributed by atoms with E-state index in [1.807, 2.05) is 13.0 Å². The molecule has 2 rings (SSSR count). The predicted molar refractivity (Wildman–Crippen MR) is 52.9 cm³/mol. The Balaban J connectivity index is 2.29. The largest absolute Gasteiger partial charge is 0.330 e. The Hall–Kier alpha value is -0.970. The van der Waals surface area contributed by atoms with E-state index < -0.39 is 11.3 Å². The first-order chi connectivity index (χ1) is 6.88. The van der Waals surface area contributed by atoms with Crippen LogP contribution in [-0.4, -0.2) is 22.2 Å². The van der Waals surface area contributed by atoms with Gasteiger partial charge in [-0.2, -0.15) is 5.10 Å². The molecule has 0 radical (unpaired) electrons. The number of hydrogen-bond donors (Lipinski definition) is 1. The Bertz CT molecular complexity index is 357. The fourth-order valence-corrected chi connectivity index (χ4v) is 2.19. The summed E-state index contributed by atoms with van der Waals surface area (Å²) in [6.45, 7) is 2.14. The topological polar surface area (TPSA) is 43.8 Å². The van der Waals surface area contributed by atoms with Crippen molar-refractivity contribution in [2.24, 2.45) is 12.8 Å². The summed E-state index contributed by atoms with van der Waals surface area (Å²) in [4.78, 5) is 0. The van der Waals surface area contributed by atoms with Gasteiger partial charge in [0, 0.05) is 37.5 Å². The Kier molecular flexibility index (Phi) is 2.12. The van der Waals surface area contributed by atoms with Gasteiger partial charge in [-0.05, 0) is 13.0 Å². The summed E-state index contributed by atoms with van der Waals surface area (Å²) in [5.74, 6) is -2.56. The molecule has 0 amide bonds. The van der Waals surface area contributed by atoms with Crippen LogP contribution in [0.2, 0.25) is 0 Å². The number of aromatic nitrogens is 2. The molecule has 5 heteroatoms. The number of rotatable bonds is 2. The highest BCUT2D eigenvalue weighted by Gasteiger charge is 2.57. The lowest BCUT2D eigenvalue weighted by atomic mass is 9.64. The van der Waals surface area contributed by atoms with Crippen molar-refractivity contribution < 1.29 is 8.78 Å². The van der Waals surface area contributed by atoms with E-state index in [-0.39, 0.29) is 19.4 Å². The third-order valence-corrected chi connectivity index (χ3v) is 3.24. The quantitative estimate of drug-likeness (QED) is 0.809. The van der Waals surface area contributed by atoms with Gasteiger partial charge in [0.2, 0.25) is 5.92 Å². The second kappa shape index (κ2) is 3.01. The molecule has 1 fully saturated rings. The van der Waals surface area contributed by atoms with Gasteiger partial charge in [-0.1, -0.05) is 0 Å². The number of alkyl halides is 2. The monoisotopic (exact) mass is 215 g/mol. The first kappa shape index (κ1) is 10.5. The molecule has 0 unspecified atom stereocenters. The third kappa shape index (κ3) is 1.55. The van der Waals surface area contributed by atoms with Gasteiger partial charge in [-0.25, -0.2) is 8.78 Å². The zero-order chi connectivity index (χ0) is 11.3. The Morgan fingerprint density at radius 2 is 2.13 bits per heavy atom. The van der Waals surface area contributed by atoms with Crippen LogP contribution >= 0.6 is 0 Å². The van der Waals surface area contributed by atoms with Gasteiger partial charge in [0.25, 0.3) is 0 Å². The number of hydrogen-bond acceptors (Lipinski definition) is 2. The minimum absolute atomic E-state index is 0.174. The minimum atomic E-state index is -2.56. The molecule has 0 bridgehead atoms. The summed E-state index contributed by atoms with van der Waals surface area (Å²) in [5.41, 5.74) is 6.67. The number of halogens is 2. The van der Waals surface area contributed by atoms with E-state index in [4.69, 9.17) is 5.73 Å². The second-order valence-corrected chi connectivity index (χ2v) is 4.49. The van der Waals surface area contributed by atoms with Crippen LogP contribution in [0, 0.1) is 6.92 Å². The zero-order valence-corrected chi connectivity index (χ0v) is 8.93. The van der Waals surface area contributed by atoms with E-state index in [0.717, 1.165) is 5.69 Å². The van der Waals surface area contributed by atoms with Crippen molar-refractivity contribution in [3.63, 3.8) is 0 Å². The van der Waals surface area contributed by atoms with Crippen LogP contribution in [0.25, 0.3) is 0 Å². The lowest BCUT2D eigenvalue weighted by molar-refractivity contribution is -0.125. The van der Waals surface area contributed by atoms with Crippen molar-refractivity contribution in [3.05, 3.63) is 17.5 Å². The maximum Gasteiger partial charge on any atom is 0.250 e. The Morgan fingerprint density at radius 3 is 2.47 bits per heavy atom. The molecule has 1 aliphatic rings. The Labute approximate surface area is 87.3 Å². The fourth-order valence-electron chi connectivity index (χ4n) is 2.19. The summed E-state index contributed by atoms with van der Waals surface area (Å²) < 4.78 is 27.5. The second-order valence-electron chi connectivity index (χ2n) is 4.49. The summed E-state index contributed by atoms with van der Waals surface area (Å²) >= 11 is 0. The van der Waals surface area contributed by atoms with Gasteiger partial charge in [-0.15, -0.1) is 0 Å². The van der Waals surface area contributed by atoms with E-state index in [9.17, 15) is 8.78 Å². The normalized spacial score (nSPS) is 22.5. The van der Waals surface area contributed by atoms with E-state index in [2.05, 4.69) is 5.10 Å². The molecular formula is C10H15F2N3. The third-order valence-electron chi connectivity index (χ3n) is 3.24. The van der Waals surface area contributed by atoms with Gasteiger partial charge in [-0.3, -0.25) is 4.68 Å². The van der Waals surface area contributed by atoms with E-state index in [0.29, 0.717) is 5.69 Å². The van der Waals surface area contributed by atoms with Crippen LogP contribution in [0.1, 0.15) is 24.2 Å². The maximum atomic E-state index is 12.9. The highest BCUT2D eigenvalue weighted by atomic mass is 19.3. The molecule has 0 saturated heterocycles. The van der Waals surface area contributed by atoms with Gasteiger partial charge in [0.05, 0.1) is 5.69 Å². The average Bonchev–Trinajstić information content (AvgIpc) is 2.42. The van der Waals surface area contributed by atoms with Crippen molar-refractivity contribution >= 4 is 0 Å². The number of nitrogens with two attached hydrogens (primary N) is 1. The fraction of sp³-hybridized carbons (Fsp3) is 0.700. The Morgan fingerprint density at radius 1 is 1.53 bits per heavy atom. The van der Waals surface area contributed by atoms with Crippen LogP contribution in [-0.2, 0) is 12.5 Å². The minimum Gasteiger partial charge on any atom is -0.330 e. The molecule has 3 nitrogen and oxygen atoms in total.